The highest BCUT2D eigenvalue weighted by atomic mass is 35.5. The summed E-state index contributed by atoms with van der Waals surface area (Å²) in [5, 5.41) is 8.57. The van der Waals surface area contributed by atoms with Crippen LogP contribution in [-0.4, -0.2) is 19.6 Å². The van der Waals surface area contributed by atoms with Crippen molar-refractivity contribution in [2.75, 3.05) is 0 Å². The molecule has 0 radical (unpaired) electrons. The topological polar surface area (TPSA) is 35.6 Å². The van der Waals surface area contributed by atoms with E-state index in [1.807, 2.05) is 35.9 Å². The molecule has 0 fully saturated rings. The molecule has 0 aliphatic heterocycles. The Morgan fingerprint density at radius 2 is 1.33 bits per heavy atom. The lowest BCUT2D eigenvalue weighted by Crippen LogP contribution is -2.09. The zero-order valence-corrected chi connectivity index (χ0v) is 9.58. The molecule has 0 aromatic carbocycles. The highest BCUT2D eigenvalue weighted by molar-refractivity contribution is 5.85. The predicted molar refractivity (Wildman–Crippen MR) is 60.1 cm³/mol. The van der Waals surface area contributed by atoms with Crippen LogP contribution in [0, 0.1) is 0 Å². The molecule has 0 bridgehead atoms. The lowest BCUT2D eigenvalue weighted by Gasteiger charge is -2.13. The number of aryl methyl sites for hydroxylation is 2. The lowest BCUT2D eigenvalue weighted by molar-refractivity contribution is 0.665. The summed E-state index contributed by atoms with van der Waals surface area (Å²) in [5.41, 5.74) is 5.15. The summed E-state index contributed by atoms with van der Waals surface area (Å²) in [6.45, 7) is 0. The summed E-state index contributed by atoms with van der Waals surface area (Å²) in [6.07, 6.45) is 6.01. The van der Waals surface area contributed by atoms with Gasteiger partial charge in [-0.3, -0.25) is 9.36 Å². The molecule has 2 heterocycles. The molecular weight excluding hydrogens is 212 g/mol. The molecule has 0 saturated heterocycles. The number of nitrogens with zero attached hydrogens (tertiary/aromatic N) is 4. The number of hydrogen-bond acceptors (Lipinski definition) is 2. The Labute approximate surface area is 94.3 Å². The van der Waals surface area contributed by atoms with Crippen LogP contribution >= 0.6 is 12.4 Å². The first kappa shape index (κ1) is 10.2. The minimum Gasteiger partial charge on any atom is -0.272 e. The van der Waals surface area contributed by atoms with Crippen molar-refractivity contribution >= 4 is 12.4 Å². The first-order valence-electron chi connectivity index (χ1n) is 4.79. The SMILES string of the molecule is Cl.Cn1ncc2c1CCc1c-2cnn1C. The molecule has 0 atom stereocenters. The second kappa shape index (κ2) is 3.38. The zero-order chi connectivity index (χ0) is 9.71. The Kier molecular flexibility index (Phi) is 2.31. The van der Waals surface area contributed by atoms with Crippen LogP contribution in [0.25, 0.3) is 11.1 Å². The van der Waals surface area contributed by atoms with E-state index in [0.717, 1.165) is 12.8 Å². The van der Waals surface area contributed by atoms with Crippen molar-refractivity contribution in [2.24, 2.45) is 14.1 Å². The molecule has 0 spiro atoms. The lowest BCUT2D eigenvalue weighted by atomic mass is 9.96. The fourth-order valence-electron chi connectivity index (χ4n) is 2.21. The fourth-order valence-corrected chi connectivity index (χ4v) is 2.21. The van der Waals surface area contributed by atoms with Crippen LogP contribution in [0.2, 0.25) is 0 Å². The molecule has 0 amide bonds. The van der Waals surface area contributed by atoms with Gasteiger partial charge in [0.25, 0.3) is 0 Å². The van der Waals surface area contributed by atoms with Gasteiger partial charge in [0.05, 0.1) is 12.4 Å². The van der Waals surface area contributed by atoms with Gasteiger partial charge in [-0.05, 0) is 12.8 Å². The minimum atomic E-state index is 0. The molecule has 5 heteroatoms. The molecule has 3 rings (SSSR count). The maximum atomic E-state index is 4.29. The minimum absolute atomic E-state index is 0. The van der Waals surface area contributed by atoms with Crippen molar-refractivity contribution < 1.29 is 0 Å². The number of aromatic nitrogens is 4. The summed E-state index contributed by atoms with van der Waals surface area (Å²) >= 11 is 0. The average molecular weight is 225 g/mol. The van der Waals surface area contributed by atoms with Crippen LogP contribution in [0.1, 0.15) is 11.4 Å². The zero-order valence-electron chi connectivity index (χ0n) is 8.77. The van der Waals surface area contributed by atoms with Crippen molar-refractivity contribution in [3.05, 3.63) is 23.8 Å². The Balaban J connectivity index is 0.000000853. The fraction of sp³-hybridized carbons (Fsp3) is 0.400. The largest absolute Gasteiger partial charge is 0.272 e. The Morgan fingerprint density at radius 1 is 0.933 bits per heavy atom. The van der Waals surface area contributed by atoms with Crippen molar-refractivity contribution in [1.82, 2.24) is 19.6 Å². The molecule has 2 aromatic rings. The van der Waals surface area contributed by atoms with Crippen molar-refractivity contribution in [3.63, 3.8) is 0 Å². The van der Waals surface area contributed by atoms with Gasteiger partial charge < -0.3 is 0 Å². The van der Waals surface area contributed by atoms with Crippen LogP contribution in [0.4, 0.5) is 0 Å². The molecule has 1 aliphatic rings. The third-order valence-corrected chi connectivity index (χ3v) is 3.01. The summed E-state index contributed by atoms with van der Waals surface area (Å²) in [6, 6.07) is 0. The van der Waals surface area contributed by atoms with Crippen LogP contribution in [0.3, 0.4) is 0 Å². The average Bonchev–Trinajstić information content (AvgIpc) is 2.72. The number of halogens is 1. The molecule has 1 aliphatic carbocycles. The van der Waals surface area contributed by atoms with Gasteiger partial charge in [0.1, 0.15) is 0 Å². The monoisotopic (exact) mass is 224 g/mol. The van der Waals surface area contributed by atoms with Crippen molar-refractivity contribution in [1.29, 1.82) is 0 Å². The first-order chi connectivity index (χ1) is 6.77. The molecule has 4 nitrogen and oxygen atoms in total. The van der Waals surface area contributed by atoms with Gasteiger partial charge in [0.2, 0.25) is 0 Å². The van der Waals surface area contributed by atoms with Gasteiger partial charge in [-0.1, -0.05) is 0 Å². The maximum absolute atomic E-state index is 4.29. The van der Waals surface area contributed by atoms with Crippen molar-refractivity contribution in [2.45, 2.75) is 12.8 Å². The van der Waals surface area contributed by atoms with Gasteiger partial charge in [-0.15, -0.1) is 12.4 Å². The van der Waals surface area contributed by atoms with E-state index in [-0.39, 0.29) is 12.4 Å². The maximum Gasteiger partial charge on any atom is 0.0572 e. The van der Waals surface area contributed by atoms with Crippen LogP contribution in [0.5, 0.6) is 0 Å². The van der Waals surface area contributed by atoms with E-state index < -0.39 is 0 Å². The van der Waals surface area contributed by atoms with Crippen LogP contribution in [-0.2, 0) is 26.9 Å². The van der Waals surface area contributed by atoms with Gasteiger partial charge in [0, 0.05) is 36.6 Å². The summed E-state index contributed by atoms with van der Waals surface area (Å²) < 4.78 is 3.93. The number of hydrogen-bond donors (Lipinski definition) is 0. The van der Waals surface area contributed by atoms with Gasteiger partial charge in [-0.25, -0.2) is 0 Å². The number of rotatable bonds is 0. The molecule has 0 unspecified atom stereocenters. The predicted octanol–water partition coefficient (Wildman–Crippen LogP) is 1.34. The Hall–Kier alpha value is -1.29. The van der Waals surface area contributed by atoms with Gasteiger partial charge in [0.15, 0.2) is 0 Å². The van der Waals surface area contributed by atoms with E-state index in [1.54, 1.807) is 0 Å². The van der Waals surface area contributed by atoms with E-state index >= 15 is 0 Å². The molecule has 0 N–H and O–H groups in total. The molecule has 80 valence electrons. The highest BCUT2D eigenvalue weighted by Gasteiger charge is 2.21. The van der Waals surface area contributed by atoms with E-state index in [4.69, 9.17) is 0 Å². The normalized spacial score (nSPS) is 12.9. The van der Waals surface area contributed by atoms with Gasteiger partial charge >= 0.3 is 0 Å². The molecule has 0 saturated carbocycles. The van der Waals surface area contributed by atoms with Crippen LogP contribution in [0.15, 0.2) is 12.4 Å². The van der Waals surface area contributed by atoms with Crippen molar-refractivity contribution in [3.8, 4) is 11.1 Å². The Morgan fingerprint density at radius 3 is 1.73 bits per heavy atom. The van der Waals surface area contributed by atoms with E-state index in [1.165, 1.54) is 22.5 Å². The van der Waals surface area contributed by atoms with E-state index in [9.17, 15) is 0 Å². The quantitative estimate of drug-likeness (QED) is 0.677. The second-order valence-corrected chi connectivity index (χ2v) is 3.76. The van der Waals surface area contributed by atoms with E-state index in [2.05, 4.69) is 10.2 Å². The summed E-state index contributed by atoms with van der Waals surface area (Å²) in [4.78, 5) is 0. The second-order valence-electron chi connectivity index (χ2n) is 3.76. The highest BCUT2D eigenvalue weighted by Crippen LogP contribution is 2.32. The summed E-state index contributed by atoms with van der Waals surface area (Å²) in [5.74, 6) is 0. The first-order valence-corrected chi connectivity index (χ1v) is 4.79. The molecular formula is C10H13ClN4. The smallest absolute Gasteiger partial charge is 0.0572 e. The third-order valence-electron chi connectivity index (χ3n) is 3.01. The Bertz CT molecular complexity index is 451. The third kappa shape index (κ3) is 1.28. The van der Waals surface area contributed by atoms with E-state index in [0.29, 0.717) is 0 Å². The van der Waals surface area contributed by atoms with Gasteiger partial charge in [-0.2, -0.15) is 10.2 Å². The molecule has 15 heavy (non-hydrogen) atoms. The molecule has 2 aromatic heterocycles. The standard InChI is InChI=1S/C10H12N4.ClH/c1-13-9-3-4-10-8(6-12-14(10)2)7(9)5-11-13;/h5-6H,3-4H2,1-2H3;1H. The number of fused-ring (bicyclic) bond motifs is 3. The van der Waals surface area contributed by atoms with Crippen LogP contribution < -0.4 is 0 Å². The summed E-state index contributed by atoms with van der Waals surface area (Å²) in [7, 11) is 4.00.